The normalized spacial score (nSPS) is 11.4. The number of carboxylic acid groups (broad SMARTS) is 1. The van der Waals surface area contributed by atoms with E-state index in [1.807, 2.05) is 32.5 Å². The molecule has 118 valence electrons. The van der Waals surface area contributed by atoms with E-state index < -0.39 is 5.97 Å². The van der Waals surface area contributed by atoms with Crippen LogP contribution in [0.15, 0.2) is 12.1 Å². The summed E-state index contributed by atoms with van der Waals surface area (Å²) in [4.78, 5) is 15.8. The van der Waals surface area contributed by atoms with Crippen LogP contribution in [-0.4, -0.2) is 34.6 Å². The lowest BCUT2D eigenvalue weighted by Gasteiger charge is -2.19. The van der Waals surface area contributed by atoms with E-state index in [0.29, 0.717) is 11.4 Å². The molecule has 5 heteroatoms. The molecule has 0 atom stereocenters. The molecule has 2 N–H and O–H groups in total. The summed E-state index contributed by atoms with van der Waals surface area (Å²) in [6.45, 7) is 6.93. The van der Waals surface area contributed by atoms with Crippen LogP contribution in [0.4, 0.5) is 5.82 Å². The molecule has 0 spiro atoms. The standard InChI is InChI=1S/C16H26N2O2S/c1-16(2,3)13-10-12(15(19)20)11-14(18-13)17-8-6-5-7-9-21-4/h10-11H,5-9H2,1-4H3,(H,17,18)(H,19,20). The number of hydrogen-bond acceptors (Lipinski definition) is 4. The fourth-order valence-electron chi connectivity index (χ4n) is 1.89. The fraction of sp³-hybridized carbons (Fsp3) is 0.625. The minimum Gasteiger partial charge on any atom is -0.478 e. The molecule has 0 aliphatic carbocycles. The SMILES string of the molecule is CSCCCCCNc1cc(C(=O)O)cc(C(C)(C)C)n1. The van der Waals surface area contributed by atoms with Gasteiger partial charge in [-0.05, 0) is 37.0 Å². The second-order valence-electron chi connectivity index (χ2n) is 6.16. The maximum absolute atomic E-state index is 11.2. The Morgan fingerprint density at radius 1 is 1.29 bits per heavy atom. The molecule has 0 fully saturated rings. The number of unbranched alkanes of at least 4 members (excludes halogenated alkanes) is 2. The van der Waals surface area contributed by atoms with Gasteiger partial charge in [0.05, 0.1) is 5.56 Å². The molecular weight excluding hydrogens is 284 g/mol. The Hall–Kier alpha value is -1.23. The highest BCUT2D eigenvalue weighted by molar-refractivity contribution is 7.98. The number of aromatic nitrogens is 1. The molecule has 0 bridgehead atoms. The molecule has 1 rings (SSSR count). The van der Waals surface area contributed by atoms with E-state index in [4.69, 9.17) is 0 Å². The van der Waals surface area contributed by atoms with Crippen molar-refractivity contribution < 1.29 is 9.90 Å². The van der Waals surface area contributed by atoms with E-state index >= 15 is 0 Å². The molecule has 0 amide bonds. The van der Waals surface area contributed by atoms with Gasteiger partial charge in [0.25, 0.3) is 0 Å². The average molecular weight is 310 g/mol. The number of nitrogens with zero attached hydrogens (tertiary/aromatic N) is 1. The maximum atomic E-state index is 11.2. The van der Waals surface area contributed by atoms with Crippen molar-refractivity contribution in [3.05, 3.63) is 23.4 Å². The number of rotatable bonds is 8. The summed E-state index contributed by atoms with van der Waals surface area (Å²) in [6.07, 6.45) is 5.59. The van der Waals surface area contributed by atoms with Gasteiger partial charge in [0, 0.05) is 17.7 Å². The average Bonchev–Trinajstić information content (AvgIpc) is 2.41. The molecule has 4 nitrogen and oxygen atoms in total. The molecule has 1 aromatic heterocycles. The molecule has 1 heterocycles. The lowest BCUT2D eigenvalue weighted by molar-refractivity contribution is 0.0696. The van der Waals surface area contributed by atoms with Crippen LogP contribution in [0, 0.1) is 0 Å². The van der Waals surface area contributed by atoms with E-state index in [0.717, 1.165) is 18.7 Å². The Bertz CT molecular complexity index is 470. The summed E-state index contributed by atoms with van der Waals surface area (Å²) in [5.74, 6) is 0.941. The third-order valence-corrected chi connectivity index (χ3v) is 3.87. The molecule has 0 saturated carbocycles. The second-order valence-corrected chi connectivity index (χ2v) is 7.15. The van der Waals surface area contributed by atoms with Crippen LogP contribution in [0.2, 0.25) is 0 Å². The quantitative estimate of drug-likeness (QED) is 0.710. The number of pyridine rings is 1. The fourth-order valence-corrected chi connectivity index (χ4v) is 2.39. The number of hydrogen-bond donors (Lipinski definition) is 2. The molecule has 0 aliphatic rings. The molecule has 1 aromatic rings. The van der Waals surface area contributed by atoms with Crippen molar-refractivity contribution in [2.75, 3.05) is 23.9 Å². The van der Waals surface area contributed by atoms with E-state index in [-0.39, 0.29) is 5.41 Å². The van der Waals surface area contributed by atoms with E-state index in [2.05, 4.69) is 16.6 Å². The zero-order chi connectivity index (χ0) is 15.9. The van der Waals surface area contributed by atoms with Gasteiger partial charge >= 0.3 is 5.97 Å². The molecule has 21 heavy (non-hydrogen) atoms. The van der Waals surface area contributed by atoms with E-state index in [9.17, 15) is 9.90 Å². The van der Waals surface area contributed by atoms with Gasteiger partial charge in [0.2, 0.25) is 0 Å². The van der Waals surface area contributed by atoms with Crippen LogP contribution < -0.4 is 5.32 Å². The van der Waals surface area contributed by atoms with Crippen molar-refractivity contribution in [2.45, 2.75) is 45.4 Å². The molecule has 0 saturated heterocycles. The third kappa shape index (κ3) is 6.38. The summed E-state index contributed by atoms with van der Waals surface area (Å²) in [5, 5.41) is 12.5. The minimum atomic E-state index is -0.911. The van der Waals surface area contributed by atoms with Gasteiger partial charge in [0.15, 0.2) is 0 Å². The number of carboxylic acids is 1. The Labute approximate surface area is 131 Å². The molecule has 0 radical (unpaired) electrons. The van der Waals surface area contributed by atoms with Gasteiger partial charge < -0.3 is 10.4 Å². The van der Waals surface area contributed by atoms with E-state index in [1.54, 1.807) is 12.1 Å². The van der Waals surface area contributed by atoms with Gasteiger partial charge in [-0.2, -0.15) is 11.8 Å². The zero-order valence-electron chi connectivity index (χ0n) is 13.4. The van der Waals surface area contributed by atoms with Crippen LogP contribution in [0.3, 0.4) is 0 Å². The lowest BCUT2D eigenvalue weighted by Crippen LogP contribution is -2.17. The van der Waals surface area contributed by atoms with Crippen molar-refractivity contribution >= 4 is 23.5 Å². The highest BCUT2D eigenvalue weighted by Crippen LogP contribution is 2.23. The van der Waals surface area contributed by atoms with Crippen LogP contribution >= 0.6 is 11.8 Å². The highest BCUT2D eigenvalue weighted by atomic mass is 32.2. The minimum absolute atomic E-state index is 0.166. The largest absolute Gasteiger partial charge is 0.478 e. The van der Waals surface area contributed by atoms with Crippen molar-refractivity contribution in [1.29, 1.82) is 0 Å². The van der Waals surface area contributed by atoms with Crippen molar-refractivity contribution in [1.82, 2.24) is 4.98 Å². The third-order valence-electron chi connectivity index (χ3n) is 3.17. The Balaban J connectivity index is 2.68. The zero-order valence-corrected chi connectivity index (χ0v) is 14.2. The smallest absolute Gasteiger partial charge is 0.335 e. The summed E-state index contributed by atoms with van der Waals surface area (Å²) in [7, 11) is 0. The van der Waals surface area contributed by atoms with Crippen LogP contribution in [-0.2, 0) is 5.41 Å². The van der Waals surface area contributed by atoms with Gasteiger partial charge in [-0.1, -0.05) is 27.2 Å². The lowest BCUT2D eigenvalue weighted by atomic mass is 9.91. The van der Waals surface area contributed by atoms with Crippen molar-refractivity contribution in [3.63, 3.8) is 0 Å². The van der Waals surface area contributed by atoms with Crippen molar-refractivity contribution in [3.8, 4) is 0 Å². The second kappa shape index (κ2) is 8.27. The Kier molecular flexibility index (Phi) is 7.02. The van der Waals surface area contributed by atoms with Gasteiger partial charge in [-0.3, -0.25) is 0 Å². The molecule has 0 aromatic carbocycles. The topological polar surface area (TPSA) is 62.2 Å². The monoisotopic (exact) mass is 310 g/mol. The predicted octanol–water partition coefficient (Wildman–Crippen LogP) is 4.02. The Morgan fingerprint density at radius 2 is 2.00 bits per heavy atom. The van der Waals surface area contributed by atoms with E-state index in [1.165, 1.54) is 18.6 Å². The summed E-state index contributed by atoms with van der Waals surface area (Å²) in [6, 6.07) is 3.27. The van der Waals surface area contributed by atoms with Gasteiger partial charge in [0.1, 0.15) is 5.82 Å². The summed E-state index contributed by atoms with van der Waals surface area (Å²) in [5.41, 5.74) is 0.923. The molecule has 0 aliphatic heterocycles. The molecular formula is C16H26N2O2S. The first-order chi connectivity index (χ1) is 9.84. The van der Waals surface area contributed by atoms with Gasteiger partial charge in [-0.25, -0.2) is 9.78 Å². The predicted molar refractivity (Wildman–Crippen MR) is 90.6 cm³/mol. The van der Waals surface area contributed by atoms with Gasteiger partial charge in [-0.15, -0.1) is 0 Å². The summed E-state index contributed by atoms with van der Waals surface area (Å²) < 4.78 is 0. The number of anilines is 1. The number of aromatic carboxylic acids is 1. The Morgan fingerprint density at radius 3 is 2.57 bits per heavy atom. The van der Waals surface area contributed by atoms with Crippen LogP contribution in [0.1, 0.15) is 56.1 Å². The maximum Gasteiger partial charge on any atom is 0.335 e. The van der Waals surface area contributed by atoms with Crippen LogP contribution in [0.5, 0.6) is 0 Å². The highest BCUT2D eigenvalue weighted by Gasteiger charge is 2.18. The number of carbonyl (C=O) groups is 1. The van der Waals surface area contributed by atoms with Crippen LogP contribution in [0.25, 0.3) is 0 Å². The number of thioether (sulfide) groups is 1. The number of nitrogens with one attached hydrogen (secondary N) is 1. The first-order valence-electron chi connectivity index (χ1n) is 7.33. The first-order valence-corrected chi connectivity index (χ1v) is 8.72. The van der Waals surface area contributed by atoms with Crippen molar-refractivity contribution in [2.24, 2.45) is 0 Å². The first kappa shape index (κ1) is 17.8. The molecule has 0 unspecified atom stereocenters. The summed E-state index contributed by atoms with van der Waals surface area (Å²) >= 11 is 1.87.